The van der Waals surface area contributed by atoms with Gasteiger partial charge in [0.1, 0.15) is 0 Å². The van der Waals surface area contributed by atoms with Crippen molar-refractivity contribution in [2.75, 3.05) is 31.8 Å². The molecule has 0 unspecified atom stereocenters. The fourth-order valence-electron chi connectivity index (χ4n) is 3.35. The maximum Gasteiger partial charge on any atom is 0.338 e. The summed E-state index contributed by atoms with van der Waals surface area (Å²) >= 11 is 0. The summed E-state index contributed by atoms with van der Waals surface area (Å²) in [7, 11) is -1.88. The number of anilines is 1. The minimum absolute atomic E-state index is 0.146. The highest BCUT2D eigenvalue weighted by molar-refractivity contribution is 7.88. The van der Waals surface area contributed by atoms with E-state index in [0.717, 1.165) is 5.56 Å². The highest BCUT2D eigenvalue weighted by atomic mass is 32.2. The lowest BCUT2D eigenvalue weighted by Gasteiger charge is -2.29. The zero-order valence-corrected chi connectivity index (χ0v) is 17.2. The molecule has 0 atom stereocenters. The van der Waals surface area contributed by atoms with Crippen LogP contribution >= 0.6 is 0 Å². The van der Waals surface area contributed by atoms with Crippen LogP contribution in [0.2, 0.25) is 0 Å². The summed E-state index contributed by atoms with van der Waals surface area (Å²) in [6, 6.07) is 7.11. The van der Waals surface area contributed by atoms with Crippen molar-refractivity contribution in [3.63, 3.8) is 0 Å². The standard InChI is InChI=1S/C19H24N4O5S/c1-28-19(25)17-6-4-3-5-15(17)12-22-13-16(11-20-22)21-18(24)14-7-9-23(10-8-14)29(2,26)27/h3-6,11,13-14H,7-10,12H2,1-2H3,(H,21,24). The third-order valence-electron chi connectivity index (χ3n) is 4.95. The highest BCUT2D eigenvalue weighted by Gasteiger charge is 2.29. The largest absolute Gasteiger partial charge is 0.465 e. The molecule has 1 saturated heterocycles. The van der Waals surface area contributed by atoms with Crippen LogP contribution in [0.15, 0.2) is 36.7 Å². The van der Waals surface area contributed by atoms with E-state index in [1.165, 1.54) is 17.7 Å². The maximum absolute atomic E-state index is 12.5. The van der Waals surface area contributed by atoms with Gasteiger partial charge in [0.15, 0.2) is 0 Å². The molecule has 1 N–H and O–H groups in total. The van der Waals surface area contributed by atoms with Crippen LogP contribution in [0.1, 0.15) is 28.8 Å². The Kier molecular flexibility index (Phi) is 6.33. The van der Waals surface area contributed by atoms with Gasteiger partial charge < -0.3 is 10.1 Å². The molecule has 0 spiro atoms. The number of piperidine rings is 1. The topological polar surface area (TPSA) is 111 Å². The van der Waals surface area contributed by atoms with Crippen molar-refractivity contribution in [3.8, 4) is 0 Å². The molecular formula is C19H24N4O5S. The Morgan fingerprint density at radius 2 is 1.93 bits per heavy atom. The van der Waals surface area contributed by atoms with Gasteiger partial charge in [-0.25, -0.2) is 17.5 Å². The van der Waals surface area contributed by atoms with Gasteiger partial charge in [0.2, 0.25) is 15.9 Å². The normalized spacial score (nSPS) is 15.8. The van der Waals surface area contributed by atoms with Crippen LogP contribution in [-0.2, 0) is 26.1 Å². The maximum atomic E-state index is 12.5. The number of amides is 1. The average Bonchev–Trinajstić information content (AvgIpc) is 3.14. The van der Waals surface area contributed by atoms with Crippen molar-refractivity contribution in [2.45, 2.75) is 19.4 Å². The molecule has 0 aliphatic carbocycles. The van der Waals surface area contributed by atoms with E-state index in [4.69, 9.17) is 4.74 Å². The smallest absolute Gasteiger partial charge is 0.338 e. The van der Waals surface area contributed by atoms with Crippen LogP contribution < -0.4 is 5.32 Å². The van der Waals surface area contributed by atoms with Gasteiger partial charge in [0.25, 0.3) is 0 Å². The number of nitrogens with one attached hydrogen (secondary N) is 1. The molecule has 2 heterocycles. The van der Waals surface area contributed by atoms with Crippen LogP contribution in [0.4, 0.5) is 5.69 Å². The van der Waals surface area contributed by atoms with E-state index in [2.05, 4.69) is 10.4 Å². The third-order valence-corrected chi connectivity index (χ3v) is 6.25. The highest BCUT2D eigenvalue weighted by Crippen LogP contribution is 2.21. The molecule has 1 aromatic heterocycles. The Labute approximate surface area is 169 Å². The molecule has 1 aliphatic rings. The molecule has 1 aliphatic heterocycles. The van der Waals surface area contributed by atoms with E-state index < -0.39 is 16.0 Å². The summed E-state index contributed by atoms with van der Waals surface area (Å²) in [4.78, 5) is 24.4. The number of carbonyl (C=O) groups is 2. The van der Waals surface area contributed by atoms with Gasteiger partial charge in [-0.3, -0.25) is 9.48 Å². The molecule has 10 heteroatoms. The van der Waals surface area contributed by atoms with Crippen molar-refractivity contribution < 1.29 is 22.7 Å². The van der Waals surface area contributed by atoms with E-state index in [1.54, 1.807) is 29.2 Å². The SMILES string of the molecule is COC(=O)c1ccccc1Cn1cc(NC(=O)C2CCN(S(C)(=O)=O)CC2)cn1. The molecule has 0 bridgehead atoms. The van der Waals surface area contributed by atoms with E-state index in [1.807, 2.05) is 12.1 Å². The van der Waals surface area contributed by atoms with Crippen molar-refractivity contribution in [1.82, 2.24) is 14.1 Å². The monoisotopic (exact) mass is 420 g/mol. The minimum atomic E-state index is -3.22. The van der Waals surface area contributed by atoms with Gasteiger partial charge in [-0.2, -0.15) is 5.10 Å². The number of carbonyl (C=O) groups excluding carboxylic acids is 2. The van der Waals surface area contributed by atoms with Crippen molar-refractivity contribution in [3.05, 3.63) is 47.8 Å². The number of ether oxygens (including phenoxy) is 1. The molecule has 156 valence electrons. The lowest BCUT2D eigenvalue weighted by molar-refractivity contribution is -0.120. The first kappa shape index (κ1) is 21.0. The summed E-state index contributed by atoms with van der Waals surface area (Å²) in [6.07, 6.45) is 5.39. The number of aromatic nitrogens is 2. The second-order valence-electron chi connectivity index (χ2n) is 7.00. The van der Waals surface area contributed by atoms with Crippen LogP contribution in [0.25, 0.3) is 0 Å². The lowest BCUT2D eigenvalue weighted by Crippen LogP contribution is -2.40. The first-order valence-electron chi connectivity index (χ1n) is 9.22. The molecule has 1 amide bonds. The summed E-state index contributed by atoms with van der Waals surface area (Å²) in [5.41, 5.74) is 1.78. The predicted molar refractivity (Wildman–Crippen MR) is 107 cm³/mol. The van der Waals surface area contributed by atoms with Crippen LogP contribution in [0.3, 0.4) is 0 Å². The molecule has 1 aromatic carbocycles. The quantitative estimate of drug-likeness (QED) is 0.706. The summed E-state index contributed by atoms with van der Waals surface area (Å²) in [5.74, 6) is -0.800. The Hall–Kier alpha value is -2.72. The van der Waals surface area contributed by atoms with E-state index in [-0.39, 0.29) is 11.8 Å². The molecule has 2 aromatic rings. The van der Waals surface area contributed by atoms with Gasteiger partial charge in [-0.05, 0) is 24.5 Å². The Morgan fingerprint density at radius 3 is 2.59 bits per heavy atom. The number of hydrogen-bond acceptors (Lipinski definition) is 6. The van der Waals surface area contributed by atoms with Crippen molar-refractivity contribution >= 4 is 27.6 Å². The van der Waals surface area contributed by atoms with E-state index in [0.29, 0.717) is 43.7 Å². The summed E-state index contributed by atoms with van der Waals surface area (Å²) in [5, 5.41) is 7.08. The molecule has 1 fully saturated rings. The minimum Gasteiger partial charge on any atom is -0.465 e. The second-order valence-corrected chi connectivity index (χ2v) is 8.98. The molecular weight excluding hydrogens is 396 g/mol. The Balaban J connectivity index is 1.60. The average molecular weight is 420 g/mol. The van der Waals surface area contributed by atoms with Gasteiger partial charge in [0, 0.05) is 25.2 Å². The number of benzene rings is 1. The van der Waals surface area contributed by atoms with E-state index >= 15 is 0 Å². The summed E-state index contributed by atoms with van der Waals surface area (Å²) < 4.78 is 31.0. The molecule has 0 radical (unpaired) electrons. The number of rotatable bonds is 6. The fourth-order valence-corrected chi connectivity index (χ4v) is 4.22. The Morgan fingerprint density at radius 1 is 1.24 bits per heavy atom. The van der Waals surface area contributed by atoms with Crippen LogP contribution in [0.5, 0.6) is 0 Å². The first-order chi connectivity index (χ1) is 13.8. The number of hydrogen-bond donors (Lipinski definition) is 1. The number of esters is 1. The number of sulfonamides is 1. The van der Waals surface area contributed by atoms with Crippen LogP contribution in [-0.4, -0.2) is 60.8 Å². The fraction of sp³-hybridized carbons (Fsp3) is 0.421. The zero-order chi connectivity index (χ0) is 21.0. The van der Waals surface area contributed by atoms with Crippen LogP contribution in [0, 0.1) is 5.92 Å². The number of methoxy groups -OCH3 is 1. The predicted octanol–water partition coefficient (Wildman–Crippen LogP) is 1.33. The summed E-state index contributed by atoms with van der Waals surface area (Å²) in [6.45, 7) is 1.05. The van der Waals surface area contributed by atoms with Crippen molar-refractivity contribution in [1.29, 1.82) is 0 Å². The lowest BCUT2D eigenvalue weighted by atomic mass is 9.97. The van der Waals surface area contributed by atoms with Gasteiger partial charge >= 0.3 is 5.97 Å². The molecule has 0 saturated carbocycles. The molecule has 3 rings (SSSR count). The van der Waals surface area contributed by atoms with Gasteiger partial charge in [-0.1, -0.05) is 18.2 Å². The first-order valence-corrected chi connectivity index (χ1v) is 11.1. The second kappa shape index (κ2) is 8.75. The van der Waals surface area contributed by atoms with Crippen molar-refractivity contribution in [2.24, 2.45) is 5.92 Å². The van der Waals surface area contributed by atoms with Gasteiger partial charge in [-0.15, -0.1) is 0 Å². The third kappa shape index (κ3) is 5.21. The van der Waals surface area contributed by atoms with Gasteiger partial charge in [0.05, 0.1) is 37.4 Å². The molecule has 29 heavy (non-hydrogen) atoms. The van der Waals surface area contributed by atoms with E-state index in [9.17, 15) is 18.0 Å². The molecule has 9 nitrogen and oxygen atoms in total. The Bertz CT molecular complexity index is 994. The zero-order valence-electron chi connectivity index (χ0n) is 16.4. The number of nitrogens with zero attached hydrogens (tertiary/aromatic N) is 3.